The lowest BCUT2D eigenvalue weighted by Gasteiger charge is -2.11. The Balaban J connectivity index is 1.80. The molecule has 0 unspecified atom stereocenters. The molecule has 2 amide bonds. The number of nitrogens with zero attached hydrogens (tertiary/aromatic N) is 4. The highest BCUT2D eigenvalue weighted by atomic mass is 16.2. The molecule has 0 atom stereocenters. The summed E-state index contributed by atoms with van der Waals surface area (Å²) in [4.78, 5) is 32.0. The van der Waals surface area contributed by atoms with E-state index >= 15 is 0 Å². The molecule has 0 aliphatic carbocycles. The number of hydrogen-bond acceptors (Lipinski definition) is 6. The Hall–Kier alpha value is -3.49. The van der Waals surface area contributed by atoms with Crippen LogP contribution in [0.5, 0.6) is 0 Å². The number of rotatable bonds is 4. The van der Waals surface area contributed by atoms with Crippen LogP contribution in [-0.4, -0.2) is 31.4 Å². The SMILES string of the molecule is CC(=O)Nc1cccc(NC(=O)Cc2c(C)nc3nc(N)nn3c2C)c1. The van der Waals surface area contributed by atoms with Gasteiger partial charge in [-0.05, 0) is 32.0 Å². The lowest BCUT2D eigenvalue weighted by atomic mass is 10.1. The van der Waals surface area contributed by atoms with Gasteiger partial charge in [-0.3, -0.25) is 9.59 Å². The van der Waals surface area contributed by atoms with Gasteiger partial charge in [0.25, 0.3) is 5.78 Å². The van der Waals surface area contributed by atoms with E-state index in [2.05, 4.69) is 25.7 Å². The summed E-state index contributed by atoms with van der Waals surface area (Å²) in [6.07, 6.45) is 0.130. The average molecular weight is 353 g/mol. The molecule has 3 aromatic rings. The molecule has 0 radical (unpaired) electrons. The molecular formula is C17H19N7O2. The van der Waals surface area contributed by atoms with Gasteiger partial charge in [-0.1, -0.05) is 6.07 Å². The zero-order chi connectivity index (χ0) is 18.8. The minimum absolute atomic E-state index is 0.130. The molecule has 0 aliphatic rings. The predicted octanol–water partition coefficient (Wildman–Crippen LogP) is 1.46. The van der Waals surface area contributed by atoms with Crippen molar-refractivity contribution in [2.45, 2.75) is 27.2 Å². The summed E-state index contributed by atoms with van der Waals surface area (Å²) in [5.41, 5.74) is 9.05. The van der Waals surface area contributed by atoms with Crippen LogP contribution in [0, 0.1) is 13.8 Å². The second-order valence-corrected chi connectivity index (χ2v) is 5.93. The first-order valence-electron chi connectivity index (χ1n) is 7.99. The number of nitrogens with two attached hydrogens (primary N) is 1. The first-order valence-corrected chi connectivity index (χ1v) is 7.99. The van der Waals surface area contributed by atoms with E-state index in [9.17, 15) is 9.59 Å². The minimum Gasteiger partial charge on any atom is -0.366 e. The number of hydrogen-bond donors (Lipinski definition) is 3. The van der Waals surface area contributed by atoms with Crippen molar-refractivity contribution in [2.75, 3.05) is 16.4 Å². The van der Waals surface area contributed by atoms with Crippen molar-refractivity contribution in [1.82, 2.24) is 19.6 Å². The Labute approximate surface area is 149 Å². The van der Waals surface area contributed by atoms with Crippen LogP contribution in [0.2, 0.25) is 0 Å². The Kier molecular flexibility index (Phi) is 4.53. The molecule has 9 heteroatoms. The highest BCUT2D eigenvalue weighted by Crippen LogP contribution is 2.18. The van der Waals surface area contributed by atoms with Crippen molar-refractivity contribution in [3.05, 3.63) is 41.2 Å². The molecule has 0 saturated heterocycles. The number of carbonyl (C=O) groups is 2. The molecule has 3 rings (SSSR count). The molecule has 134 valence electrons. The third-order valence-corrected chi connectivity index (χ3v) is 3.87. The lowest BCUT2D eigenvalue weighted by Crippen LogP contribution is -2.18. The number of benzene rings is 1. The average Bonchev–Trinajstić information content (AvgIpc) is 2.91. The van der Waals surface area contributed by atoms with Crippen molar-refractivity contribution in [1.29, 1.82) is 0 Å². The van der Waals surface area contributed by atoms with Gasteiger partial charge < -0.3 is 16.4 Å². The maximum absolute atomic E-state index is 12.5. The van der Waals surface area contributed by atoms with E-state index in [1.165, 1.54) is 11.4 Å². The number of anilines is 3. The number of nitrogens with one attached hydrogen (secondary N) is 2. The highest BCUT2D eigenvalue weighted by molar-refractivity contribution is 5.94. The number of aryl methyl sites for hydroxylation is 2. The molecule has 0 saturated carbocycles. The van der Waals surface area contributed by atoms with Crippen molar-refractivity contribution in [3.8, 4) is 0 Å². The van der Waals surface area contributed by atoms with Gasteiger partial charge >= 0.3 is 0 Å². The third kappa shape index (κ3) is 3.61. The monoisotopic (exact) mass is 353 g/mol. The maximum Gasteiger partial charge on any atom is 0.254 e. The molecule has 4 N–H and O–H groups in total. The van der Waals surface area contributed by atoms with E-state index in [-0.39, 0.29) is 24.2 Å². The van der Waals surface area contributed by atoms with Crippen LogP contribution in [0.3, 0.4) is 0 Å². The number of amides is 2. The molecule has 2 heterocycles. The molecule has 1 aromatic carbocycles. The van der Waals surface area contributed by atoms with Gasteiger partial charge in [-0.15, -0.1) is 5.10 Å². The van der Waals surface area contributed by atoms with Crippen LogP contribution in [0.25, 0.3) is 5.78 Å². The van der Waals surface area contributed by atoms with E-state index in [1.54, 1.807) is 24.3 Å². The van der Waals surface area contributed by atoms with E-state index in [0.717, 1.165) is 11.3 Å². The van der Waals surface area contributed by atoms with Crippen molar-refractivity contribution < 1.29 is 9.59 Å². The molecule has 0 fully saturated rings. The fourth-order valence-corrected chi connectivity index (χ4v) is 2.72. The van der Waals surface area contributed by atoms with Crippen LogP contribution in [0.1, 0.15) is 23.9 Å². The fraction of sp³-hybridized carbons (Fsp3) is 0.235. The number of carbonyl (C=O) groups excluding carboxylic acids is 2. The quantitative estimate of drug-likeness (QED) is 0.651. The molecular weight excluding hydrogens is 334 g/mol. The van der Waals surface area contributed by atoms with Gasteiger partial charge in [0.2, 0.25) is 17.8 Å². The van der Waals surface area contributed by atoms with Crippen molar-refractivity contribution >= 4 is 34.9 Å². The Bertz CT molecular complexity index is 1010. The Morgan fingerprint density at radius 2 is 1.85 bits per heavy atom. The summed E-state index contributed by atoms with van der Waals surface area (Å²) in [5, 5.41) is 9.60. The second-order valence-electron chi connectivity index (χ2n) is 5.93. The fourth-order valence-electron chi connectivity index (χ4n) is 2.72. The van der Waals surface area contributed by atoms with E-state index < -0.39 is 0 Å². The Morgan fingerprint density at radius 3 is 2.54 bits per heavy atom. The molecule has 2 aromatic heterocycles. The van der Waals surface area contributed by atoms with Gasteiger partial charge in [-0.25, -0.2) is 4.98 Å². The number of fused-ring (bicyclic) bond motifs is 1. The summed E-state index contributed by atoms with van der Waals surface area (Å²) in [5.74, 6) is 0.165. The maximum atomic E-state index is 12.5. The topological polar surface area (TPSA) is 127 Å². The van der Waals surface area contributed by atoms with Crippen LogP contribution in [0.15, 0.2) is 24.3 Å². The largest absolute Gasteiger partial charge is 0.366 e. The first-order chi connectivity index (χ1) is 12.3. The van der Waals surface area contributed by atoms with Crippen LogP contribution >= 0.6 is 0 Å². The van der Waals surface area contributed by atoms with Gasteiger partial charge in [0.05, 0.1) is 6.42 Å². The Morgan fingerprint density at radius 1 is 1.15 bits per heavy atom. The normalized spacial score (nSPS) is 10.7. The lowest BCUT2D eigenvalue weighted by molar-refractivity contribution is -0.116. The highest BCUT2D eigenvalue weighted by Gasteiger charge is 2.15. The standard InChI is InChI=1S/C17H19N7O2/c1-9-14(10(2)24-17(19-9)22-16(18)23-24)8-15(26)21-13-6-4-5-12(7-13)20-11(3)25/h4-7H,8H2,1-3H3,(H2,18,23)(H,20,25)(H,21,26). The summed E-state index contributed by atoms with van der Waals surface area (Å²) < 4.78 is 1.53. The van der Waals surface area contributed by atoms with Crippen LogP contribution in [-0.2, 0) is 16.0 Å². The third-order valence-electron chi connectivity index (χ3n) is 3.87. The number of aromatic nitrogens is 4. The smallest absolute Gasteiger partial charge is 0.254 e. The van der Waals surface area contributed by atoms with E-state index in [1.807, 2.05) is 13.8 Å². The van der Waals surface area contributed by atoms with Crippen LogP contribution < -0.4 is 16.4 Å². The zero-order valence-corrected chi connectivity index (χ0v) is 14.7. The van der Waals surface area contributed by atoms with E-state index in [4.69, 9.17) is 5.73 Å². The molecule has 0 aliphatic heterocycles. The summed E-state index contributed by atoms with van der Waals surface area (Å²) in [6.45, 7) is 5.09. The molecule has 0 bridgehead atoms. The first kappa shape index (κ1) is 17.3. The molecule has 0 spiro atoms. The second kappa shape index (κ2) is 6.79. The number of nitrogen functional groups attached to an aromatic ring is 1. The molecule has 9 nitrogen and oxygen atoms in total. The van der Waals surface area contributed by atoms with E-state index in [0.29, 0.717) is 22.8 Å². The summed E-state index contributed by atoms with van der Waals surface area (Å²) in [7, 11) is 0. The van der Waals surface area contributed by atoms with Gasteiger partial charge in [-0.2, -0.15) is 9.50 Å². The zero-order valence-electron chi connectivity index (χ0n) is 14.7. The summed E-state index contributed by atoms with van der Waals surface area (Å²) >= 11 is 0. The molecule has 26 heavy (non-hydrogen) atoms. The predicted molar refractivity (Wildman–Crippen MR) is 97.7 cm³/mol. The van der Waals surface area contributed by atoms with Crippen molar-refractivity contribution in [3.63, 3.8) is 0 Å². The van der Waals surface area contributed by atoms with Crippen molar-refractivity contribution in [2.24, 2.45) is 0 Å². The van der Waals surface area contributed by atoms with Gasteiger partial charge in [0.15, 0.2) is 0 Å². The minimum atomic E-state index is -0.203. The van der Waals surface area contributed by atoms with Crippen LogP contribution in [0.4, 0.5) is 17.3 Å². The summed E-state index contributed by atoms with van der Waals surface area (Å²) in [6, 6.07) is 6.95. The van der Waals surface area contributed by atoms with Gasteiger partial charge in [0, 0.05) is 35.2 Å². The van der Waals surface area contributed by atoms with Gasteiger partial charge in [0.1, 0.15) is 0 Å².